The molecule has 1 aliphatic heterocycles. The highest BCUT2D eigenvalue weighted by Gasteiger charge is 2.11. The van der Waals surface area contributed by atoms with Crippen LogP contribution in [0.1, 0.15) is 48.7 Å². The molecule has 0 bridgehead atoms. The first kappa shape index (κ1) is 23.7. The maximum absolute atomic E-state index is 11.9. The average molecular weight is 491 g/mol. The Labute approximate surface area is 179 Å². The number of guanidine groups is 1. The number of hydrogen-bond donors (Lipinski definition) is 3. The number of halogens is 1. The second kappa shape index (κ2) is 13.8. The lowest BCUT2D eigenvalue weighted by molar-refractivity contribution is 0.0925. The summed E-state index contributed by atoms with van der Waals surface area (Å²) in [5, 5.41) is 9.53. The SMILES string of the molecule is CCNC(=NCCCNC(=O)c1occc1C)NCCN1CCCCC1.I. The average Bonchev–Trinajstić information content (AvgIpc) is 3.08. The van der Waals surface area contributed by atoms with Crippen LogP contribution >= 0.6 is 24.0 Å². The van der Waals surface area contributed by atoms with Crippen LogP contribution in [0.3, 0.4) is 0 Å². The molecule has 0 radical (unpaired) electrons. The number of nitrogens with zero attached hydrogens (tertiary/aromatic N) is 2. The van der Waals surface area contributed by atoms with E-state index < -0.39 is 0 Å². The molecule has 1 fully saturated rings. The number of likely N-dealkylation sites (tertiary alicyclic amines) is 1. The van der Waals surface area contributed by atoms with Crippen LogP contribution in [0.4, 0.5) is 0 Å². The second-order valence-corrected chi connectivity index (χ2v) is 6.63. The monoisotopic (exact) mass is 491 g/mol. The van der Waals surface area contributed by atoms with E-state index in [-0.39, 0.29) is 29.9 Å². The van der Waals surface area contributed by atoms with Gasteiger partial charge in [0.1, 0.15) is 0 Å². The number of hydrogen-bond acceptors (Lipinski definition) is 4. The summed E-state index contributed by atoms with van der Waals surface area (Å²) in [4.78, 5) is 19.0. The van der Waals surface area contributed by atoms with Gasteiger partial charge in [-0.1, -0.05) is 6.42 Å². The van der Waals surface area contributed by atoms with E-state index in [2.05, 4.69) is 32.8 Å². The Bertz CT molecular complexity index is 570. The zero-order chi connectivity index (χ0) is 18.6. The van der Waals surface area contributed by atoms with Crippen molar-refractivity contribution in [2.75, 3.05) is 45.8 Å². The van der Waals surface area contributed by atoms with Crippen molar-refractivity contribution in [2.24, 2.45) is 4.99 Å². The number of nitrogens with one attached hydrogen (secondary N) is 3. The maximum atomic E-state index is 11.9. The Balaban J connectivity index is 0.00000364. The largest absolute Gasteiger partial charge is 0.459 e. The number of aryl methyl sites for hydroxylation is 1. The predicted molar refractivity (Wildman–Crippen MR) is 120 cm³/mol. The number of aliphatic imine (C=N–C) groups is 1. The van der Waals surface area contributed by atoms with Gasteiger partial charge >= 0.3 is 0 Å². The van der Waals surface area contributed by atoms with Crippen LogP contribution in [0.5, 0.6) is 0 Å². The lowest BCUT2D eigenvalue weighted by Crippen LogP contribution is -2.42. The number of piperidine rings is 1. The zero-order valence-electron chi connectivity index (χ0n) is 16.6. The molecule has 1 saturated heterocycles. The number of rotatable bonds is 9. The third-order valence-electron chi connectivity index (χ3n) is 4.47. The molecule has 1 amide bonds. The summed E-state index contributed by atoms with van der Waals surface area (Å²) in [6.45, 7) is 10.4. The summed E-state index contributed by atoms with van der Waals surface area (Å²) in [5.41, 5.74) is 0.854. The topological polar surface area (TPSA) is 81.9 Å². The highest BCUT2D eigenvalue weighted by molar-refractivity contribution is 14.0. The second-order valence-electron chi connectivity index (χ2n) is 6.63. The smallest absolute Gasteiger partial charge is 0.287 e. The molecule has 7 nitrogen and oxygen atoms in total. The Morgan fingerprint density at radius 1 is 1.19 bits per heavy atom. The van der Waals surface area contributed by atoms with E-state index in [1.165, 1.54) is 38.6 Å². The van der Waals surface area contributed by atoms with Crippen molar-refractivity contribution < 1.29 is 9.21 Å². The number of carbonyl (C=O) groups is 1. The molecule has 1 aliphatic rings. The first-order chi connectivity index (χ1) is 12.7. The van der Waals surface area contributed by atoms with E-state index in [0.29, 0.717) is 18.8 Å². The predicted octanol–water partition coefficient (Wildman–Crippen LogP) is 2.37. The first-order valence-corrected chi connectivity index (χ1v) is 9.77. The van der Waals surface area contributed by atoms with Crippen LogP contribution in [-0.4, -0.2) is 62.6 Å². The van der Waals surface area contributed by atoms with Crippen LogP contribution in [0.2, 0.25) is 0 Å². The quantitative estimate of drug-likeness (QED) is 0.214. The lowest BCUT2D eigenvalue weighted by atomic mass is 10.1. The van der Waals surface area contributed by atoms with Crippen molar-refractivity contribution in [1.29, 1.82) is 0 Å². The molecule has 0 aliphatic carbocycles. The van der Waals surface area contributed by atoms with Gasteiger partial charge in [-0.15, -0.1) is 24.0 Å². The molecule has 1 aromatic rings. The number of furan rings is 1. The number of carbonyl (C=O) groups excluding carboxylic acids is 1. The summed E-state index contributed by atoms with van der Waals surface area (Å²) in [7, 11) is 0. The standard InChI is InChI=1S/C19H33N5O2.HI/c1-3-20-19(23-11-14-24-12-5-4-6-13-24)22-10-7-9-21-18(25)17-16(2)8-15-26-17;/h8,15H,3-7,9-14H2,1-2H3,(H,21,25)(H2,20,22,23);1H. The van der Waals surface area contributed by atoms with Gasteiger partial charge in [0.05, 0.1) is 6.26 Å². The summed E-state index contributed by atoms with van der Waals surface area (Å²) in [6, 6.07) is 1.79. The van der Waals surface area contributed by atoms with Crippen molar-refractivity contribution in [3.05, 3.63) is 23.7 Å². The van der Waals surface area contributed by atoms with Crippen LogP contribution in [0, 0.1) is 6.92 Å². The third-order valence-corrected chi connectivity index (χ3v) is 4.47. The Kier molecular flexibility index (Phi) is 12.2. The van der Waals surface area contributed by atoms with Gasteiger partial charge in [-0.3, -0.25) is 9.79 Å². The lowest BCUT2D eigenvalue weighted by Gasteiger charge is -2.26. The van der Waals surface area contributed by atoms with Gasteiger partial charge in [0.15, 0.2) is 11.7 Å². The molecule has 27 heavy (non-hydrogen) atoms. The molecule has 3 N–H and O–H groups in total. The van der Waals surface area contributed by atoms with Crippen LogP contribution < -0.4 is 16.0 Å². The first-order valence-electron chi connectivity index (χ1n) is 9.77. The molecular formula is C19H34IN5O2. The van der Waals surface area contributed by atoms with Crippen LogP contribution in [0.25, 0.3) is 0 Å². The fourth-order valence-electron chi connectivity index (χ4n) is 3.01. The molecule has 0 atom stereocenters. The van der Waals surface area contributed by atoms with Gasteiger partial charge < -0.3 is 25.3 Å². The third kappa shape index (κ3) is 8.96. The van der Waals surface area contributed by atoms with Crippen molar-refractivity contribution in [3.63, 3.8) is 0 Å². The number of amides is 1. The Morgan fingerprint density at radius 2 is 1.96 bits per heavy atom. The molecule has 1 aromatic heterocycles. The minimum absolute atomic E-state index is 0. The molecule has 0 spiro atoms. The van der Waals surface area contributed by atoms with Crippen molar-refractivity contribution in [2.45, 2.75) is 39.5 Å². The summed E-state index contributed by atoms with van der Waals surface area (Å²) in [5.74, 6) is 1.07. The normalized spacial score (nSPS) is 15.1. The van der Waals surface area contributed by atoms with Gasteiger partial charge in [0.2, 0.25) is 0 Å². The minimum atomic E-state index is -0.164. The molecular weight excluding hydrogens is 457 g/mol. The summed E-state index contributed by atoms with van der Waals surface area (Å²) < 4.78 is 5.18. The summed E-state index contributed by atoms with van der Waals surface area (Å²) >= 11 is 0. The molecule has 154 valence electrons. The van der Waals surface area contributed by atoms with E-state index >= 15 is 0 Å². The Morgan fingerprint density at radius 3 is 2.63 bits per heavy atom. The van der Waals surface area contributed by atoms with Gasteiger partial charge in [0.25, 0.3) is 5.91 Å². The summed E-state index contributed by atoms with van der Waals surface area (Å²) in [6.07, 6.45) is 6.32. The maximum Gasteiger partial charge on any atom is 0.287 e. The van der Waals surface area contributed by atoms with Crippen molar-refractivity contribution in [1.82, 2.24) is 20.9 Å². The molecule has 8 heteroatoms. The van der Waals surface area contributed by atoms with E-state index in [1.807, 2.05) is 6.92 Å². The van der Waals surface area contributed by atoms with Gasteiger partial charge in [0, 0.05) is 38.3 Å². The highest BCUT2D eigenvalue weighted by Crippen LogP contribution is 2.08. The molecule has 0 unspecified atom stereocenters. The van der Waals surface area contributed by atoms with Gasteiger partial charge in [-0.2, -0.15) is 0 Å². The van der Waals surface area contributed by atoms with Gasteiger partial charge in [-0.05, 0) is 52.3 Å². The fraction of sp³-hybridized carbons (Fsp3) is 0.684. The highest BCUT2D eigenvalue weighted by atomic mass is 127. The fourth-order valence-corrected chi connectivity index (χ4v) is 3.01. The van der Waals surface area contributed by atoms with Crippen LogP contribution in [-0.2, 0) is 0 Å². The molecule has 2 heterocycles. The Hall–Kier alpha value is -1.29. The molecule has 0 saturated carbocycles. The van der Waals surface area contributed by atoms with Crippen LogP contribution in [0.15, 0.2) is 21.7 Å². The molecule has 2 rings (SSSR count). The van der Waals surface area contributed by atoms with Crippen molar-refractivity contribution in [3.8, 4) is 0 Å². The van der Waals surface area contributed by atoms with Crippen molar-refractivity contribution >= 4 is 35.8 Å². The van der Waals surface area contributed by atoms with E-state index in [4.69, 9.17) is 4.42 Å². The van der Waals surface area contributed by atoms with E-state index in [9.17, 15) is 4.79 Å². The van der Waals surface area contributed by atoms with E-state index in [1.54, 1.807) is 6.07 Å². The van der Waals surface area contributed by atoms with E-state index in [0.717, 1.165) is 37.6 Å². The zero-order valence-corrected chi connectivity index (χ0v) is 18.9. The van der Waals surface area contributed by atoms with Gasteiger partial charge in [-0.25, -0.2) is 0 Å². The minimum Gasteiger partial charge on any atom is -0.459 e. The molecule has 0 aromatic carbocycles.